The van der Waals surface area contributed by atoms with E-state index in [4.69, 9.17) is 39.5 Å². The summed E-state index contributed by atoms with van der Waals surface area (Å²) in [5, 5.41) is 8.74. The summed E-state index contributed by atoms with van der Waals surface area (Å²) in [7, 11) is 1.62. The highest BCUT2D eigenvalue weighted by Crippen LogP contribution is 2.25. The van der Waals surface area contributed by atoms with Gasteiger partial charge in [-0.2, -0.15) is 0 Å². The predicted octanol–water partition coefficient (Wildman–Crippen LogP) is 5.71. The number of benzene rings is 2. The van der Waals surface area contributed by atoms with Crippen LogP contribution in [-0.2, 0) is 13.1 Å². The first kappa shape index (κ1) is 21.3. The Kier molecular flexibility index (Phi) is 9.58. The van der Waals surface area contributed by atoms with E-state index in [1.54, 1.807) is 7.11 Å². The van der Waals surface area contributed by atoms with E-state index in [0.29, 0.717) is 20.8 Å². The van der Waals surface area contributed by atoms with Crippen LogP contribution in [0.2, 0.25) is 15.1 Å². The predicted molar refractivity (Wildman–Crippen MR) is 112 cm³/mol. The van der Waals surface area contributed by atoms with Crippen LogP contribution in [0, 0.1) is 0 Å². The van der Waals surface area contributed by atoms with Gasteiger partial charge in [0.15, 0.2) is 0 Å². The van der Waals surface area contributed by atoms with Crippen LogP contribution in [0.25, 0.3) is 0 Å². The molecule has 2 rings (SSSR count). The van der Waals surface area contributed by atoms with Gasteiger partial charge in [0.1, 0.15) is 5.75 Å². The van der Waals surface area contributed by atoms with Gasteiger partial charge in [0.2, 0.25) is 0 Å². The van der Waals surface area contributed by atoms with Crippen LogP contribution < -0.4 is 15.4 Å². The molecule has 0 amide bonds. The zero-order valence-electron chi connectivity index (χ0n) is 15.0. The lowest BCUT2D eigenvalue weighted by Crippen LogP contribution is -2.17. The fourth-order valence-corrected chi connectivity index (χ4v) is 3.21. The highest BCUT2D eigenvalue weighted by atomic mass is 35.5. The summed E-state index contributed by atoms with van der Waals surface area (Å²) in [6.07, 6.45) is 3.49. The second-order valence-corrected chi connectivity index (χ2v) is 7.35. The smallest absolute Gasteiger partial charge is 0.137 e. The molecule has 0 spiro atoms. The molecule has 0 aromatic heterocycles. The number of ether oxygens (including phenoxy) is 1. The van der Waals surface area contributed by atoms with Crippen molar-refractivity contribution in [1.29, 1.82) is 0 Å². The van der Waals surface area contributed by atoms with Crippen LogP contribution in [0.5, 0.6) is 5.75 Å². The molecule has 0 fully saturated rings. The van der Waals surface area contributed by atoms with Crippen molar-refractivity contribution in [3.05, 3.63) is 62.6 Å². The highest BCUT2D eigenvalue weighted by Gasteiger charge is 2.02. The van der Waals surface area contributed by atoms with E-state index in [1.807, 2.05) is 36.4 Å². The molecule has 0 atom stereocenters. The standard InChI is InChI=1S/C20H25Cl3N2O/c1-26-20-8-6-16(12-19(20)23)14-25-10-4-2-3-9-24-13-15-5-7-17(21)18(22)11-15/h5-8,11-12,24-25H,2-4,9-10,13-14H2,1H3. The molecule has 0 saturated heterocycles. The van der Waals surface area contributed by atoms with Gasteiger partial charge in [0, 0.05) is 13.1 Å². The lowest BCUT2D eigenvalue weighted by atomic mass is 10.2. The van der Waals surface area contributed by atoms with Gasteiger partial charge in [-0.1, -0.05) is 53.4 Å². The number of unbranched alkanes of at least 4 members (excludes halogenated alkanes) is 2. The molecule has 0 aliphatic heterocycles. The zero-order valence-corrected chi connectivity index (χ0v) is 17.2. The summed E-state index contributed by atoms with van der Waals surface area (Å²) < 4.78 is 5.16. The first-order valence-corrected chi connectivity index (χ1v) is 9.91. The molecule has 26 heavy (non-hydrogen) atoms. The maximum atomic E-state index is 6.13. The molecular weight excluding hydrogens is 391 g/mol. The van der Waals surface area contributed by atoms with Crippen molar-refractivity contribution in [3.8, 4) is 5.75 Å². The molecule has 0 bridgehead atoms. The van der Waals surface area contributed by atoms with Crippen molar-refractivity contribution in [3.63, 3.8) is 0 Å². The van der Waals surface area contributed by atoms with Crippen LogP contribution in [0.4, 0.5) is 0 Å². The van der Waals surface area contributed by atoms with Crippen molar-refractivity contribution >= 4 is 34.8 Å². The first-order chi connectivity index (χ1) is 12.6. The van der Waals surface area contributed by atoms with E-state index in [1.165, 1.54) is 12.0 Å². The van der Waals surface area contributed by atoms with E-state index >= 15 is 0 Å². The highest BCUT2D eigenvalue weighted by molar-refractivity contribution is 6.42. The minimum atomic E-state index is 0.597. The number of methoxy groups -OCH3 is 1. The van der Waals surface area contributed by atoms with E-state index in [9.17, 15) is 0 Å². The summed E-state index contributed by atoms with van der Waals surface area (Å²) in [5.74, 6) is 0.712. The van der Waals surface area contributed by atoms with Crippen LogP contribution in [0.3, 0.4) is 0 Å². The van der Waals surface area contributed by atoms with Crippen molar-refractivity contribution in [2.24, 2.45) is 0 Å². The van der Waals surface area contributed by atoms with Gasteiger partial charge in [-0.05, 0) is 61.3 Å². The first-order valence-electron chi connectivity index (χ1n) is 8.78. The third-order valence-electron chi connectivity index (χ3n) is 4.07. The van der Waals surface area contributed by atoms with E-state index in [0.717, 1.165) is 44.6 Å². The Balaban J connectivity index is 1.50. The molecule has 0 unspecified atom stereocenters. The minimum absolute atomic E-state index is 0.597. The van der Waals surface area contributed by atoms with Gasteiger partial charge in [0.05, 0.1) is 22.2 Å². The molecule has 0 aliphatic carbocycles. The zero-order chi connectivity index (χ0) is 18.8. The SMILES string of the molecule is COc1ccc(CNCCCCCNCc2ccc(Cl)c(Cl)c2)cc1Cl. The number of hydrogen-bond donors (Lipinski definition) is 2. The van der Waals surface area contributed by atoms with Crippen LogP contribution in [-0.4, -0.2) is 20.2 Å². The molecular formula is C20H25Cl3N2O. The third kappa shape index (κ3) is 7.34. The number of rotatable bonds is 11. The van der Waals surface area contributed by atoms with E-state index in [2.05, 4.69) is 10.6 Å². The average molecular weight is 416 g/mol. The quantitative estimate of drug-likeness (QED) is 0.461. The van der Waals surface area contributed by atoms with Gasteiger partial charge >= 0.3 is 0 Å². The summed E-state index contributed by atoms with van der Waals surface area (Å²) in [6, 6.07) is 11.6. The van der Waals surface area contributed by atoms with E-state index in [-0.39, 0.29) is 0 Å². The maximum Gasteiger partial charge on any atom is 0.137 e. The Morgan fingerprint density at radius 3 is 1.85 bits per heavy atom. The molecule has 142 valence electrons. The van der Waals surface area contributed by atoms with Crippen molar-refractivity contribution in [2.75, 3.05) is 20.2 Å². The Morgan fingerprint density at radius 2 is 1.31 bits per heavy atom. The maximum absolute atomic E-state index is 6.13. The number of halogens is 3. The third-order valence-corrected chi connectivity index (χ3v) is 5.10. The monoisotopic (exact) mass is 414 g/mol. The molecule has 2 aromatic rings. The Hall–Kier alpha value is -0.970. The normalized spacial score (nSPS) is 10.9. The minimum Gasteiger partial charge on any atom is -0.495 e. The van der Waals surface area contributed by atoms with Gasteiger partial charge in [-0.15, -0.1) is 0 Å². The molecule has 0 heterocycles. The summed E-state index contributed by atoms with van der Waals surface area (Å²) in [5.41, 5.74) is 2.32. The molecule has 3 nitrogen and oxygen atoms in total. The van der Waals surface area contributed by atoms with Gasteiger partial charge in [-0.3, -0.25) is 0 Å². The molecule has 0 saturated carbocycles. The molecule has 2 aromatic carbocycles. The van der Waals surface area contributed by atoms with Crippen molar-refractivity contribution in [1.82, 2.24) is 10.6 Å². The lowest BCUT2D eigenvalue weighted by molar-refractivity contribution is 0.415. The van der Waals surface area contributed by atoms with Gasteiger partial charge in [0.25, 0.3) is 0 Å². The second kappa shape index (κ2) is 11.7. The van der Waals surface area contributed by atoms with Crippen LogP contribution >= 0.6 is 34.8 Å². The average Bonchev–Trinajstić information content (AvgIpc) is 2.63. The van der Waals surface area contributed by atoms with Crippen LogP contribution in [0.1, 0.15) is 30.4 Å². The van der Waals surface area contributed by atoms with E-state index < -0.39 is 0 Å². The Bertz CT molecular complexity index is 695. The van der Waals surface area contributed by atoms with Crippen LogP contribution in [0.15, 0.2) is 36.4 Å². The summed E-state index contributed by atoms with van der Waals surface area (Å²) >= 11 is 18.1. The molecule has 0 aliphatic rings. The topological polar surface area (TPSA) is 33.3 Å². The second-order valence-electron chi connectivity index (χ2n) is 6.13. The number of hydrogen-bond acceptors (Lipinski definition) is 3. The fraction of sp³-hybridized carbons (Fsp3) is 0.400. The molecule has 0 radical (unpaired) electrons. The number of nitrogens with one attached hydrogen (secondary N) is 2. The van der Waals surface area contributed by atoms with Gasteiger partial charge in [-0.25, -0.2) is 0 Å². The summed E-state index contributed by atoms with van der Waals surface area (Å²) in [6.45, 7) is 3.62. The largest absolute Gasteiger partial charge is 0.495 e. The molecule has 2 N–H and O–H groups in total. The lowest BCUT2D eigenvalue weighted by Gasteiger charge is -2.08. The Labute approximate surface area is 171 Å². The Morgan fingerprint density at radius 1 is 0.731 bits per heavy atom. The van der Waals surface area contributed by atoms with Gasteiger partial charge < -0.3 is 15.4 Å². The fourth-order valence-electron chi connectivity index (χ4n) is 2.61. The van der Waals surface area contributed by atoms with Crippen molar-refractivity contribution in [2.45, 2.75) is 32.4 Å². The summed E-state index contributed by atoms with van der Waals surface area (Å²) in [4.78, 5) is 0. The van der Waals surface area contributed by atoms with Crippen molar-refractivity contribution < 1.29 is 4.74 Å². The molecule has 6 heteroatoms.